The van der Waals surface area contributed by atoms with Gasteiger partial charge in [0.15, 0.2) is 0 Å². The number of hydrogen-bond donors (Lipinski definition) is 0. The van der Waals surface area contributed by atoms with Crippen LogP contribution in [-0.4, -0.2) is 60.3 Å². The van der Waals surface area contributed by atoms with Crippen LogP contribution >= 0.6 is 0 Å². The third-order valence-corrected chi connectivity index (χ3v) is 4.18. The number of ether oxygens (including phenoxy) is 1. The van der Waals surface area contributed by atoms with Gasteiger partial charge in [-0.2, -0.15) is 5.10 Å². The Hall–Kier alpha value is -1.43. The van der Waals surface area contributed by atoms with Gasteiger partial charge in [-0.1, -0.05) is 0 Å². The Morgan fingerprint density at radius 1 is 1.40 bits per heavy atom. The minimum atomic E-state index is -0.0243. The molecule has 6 nitrogen and oxygen atoms in total. The largest absolute Gasteiger partial charge is 0.381 e. The zero-order chi connectivity index (χ0) is 14.1. The van der Waals surface area contributed by atoms with Crippen molar-refractivity contribution in [1.82, 2.24) is 9.91 Å². The van der Waals surface area contributed by atoms with Crippen LogP contribution in [0.4, 0.5) is 0 Å². The lowest BCUT2D eigenvalue weighted by Gasteiger charge is -2.27. The summed E-state index contributed by atoms with van der Waals surface area (Å²) in [5.41, 5.74) is 0.526. The van der Waals surface area contributed by atoms with E-state index in [9.17, 15) is 9.59 Å². The maximum absolute atomic E-state index is 12.6. The maximum atomic E-state index is 12.6. The highest BCUT2D eigenvalue weighted by Crippen LogP contribution is 2.29. The molecular weight excluding hydrogens is 258 g/mol. The van der Waals surface area contributed by atoms with Crippen LogP contribution < -0.4 is 0 Å². The van der Waals surface area contributed by atoms with E-state index in [1.165, 1.54) is 5.01 Å². The van der Waals surface area contributed by atoms with Gasteiger partial charge in [0.1, 0.15) is 5.71 Å². The third kappa shape index (κ3) is 2.85. The van der Waals surface area contributed by atoms with Crippen LogP contribution in [0.1, 0.15) is 32.1 Å². The van der Waals surface area contributed by atoms with Gasteiger partial charge in [-0.15, -0.1) is 0 Å². The van der Waals surface area contributed by atoms with E-state index in [4.69, 9.17) is 4.74 Å². The van der Waals surface area contributed by atoms with Crippen LogP contribution in [-0.2, 0) is 14.3 Å². The summed E-state index contributed by atoms with van der Waals surface area (Å²) >= 11 is 0. The lowest BCUT2D eigenvalue weighted by atomic mass is 10.1. The highest BCUT2D eigenvalue weighted by molar-refractivity contribution is 6.39. The molecule has 1 atom stereocenters. The van der Waals surface area contributed by atoms with Crippen LogP contribution in [0.3, 0.4) is 0 Å². The summed E-state index contributed by atoms with van der Waals surface area (Å²) in [6.07, 6.45) is 4.04. The molecule has 0 N–H and O–H groups in total. The molecule has 0 unspecified atom stereocenters. The van der Waals surface area contributed by atoms with E-state index in [1.54, 1.807) is 7.05 Å². The van der Waals surface area contributed by atoms with Crippen molar-refractivity contribution in [2.75, 3.05) is 26.8 Å². The summed E-state index contributed by atoms with van der Waals surface area (Å²) in [4.78, 5) is 26.0. The van der Waals surface area contributed by atoms with Gasteiger partial charge in [0.05, 0.1) is 6.61 Å². The summed E-state index contributed by atoms with van der Waals surface area (Å²) in [7, 11) is 1.61. The molecule has 20 heavy (non-hydrogen) atoms. The monoisotopic (exact) mass is 279 g/mol. The Bertz CT molecular complexity index is 439. The average Bonchev–Trinajstić information content (AvgIpc) is 3.15. The Kier molecular flexibility index (Phi) is 3.74. The first-order valence-corrected chi connectivity index (χ1v) is 7.38. The Morgan fingerprint density at radius 2 is 2.20 bits per heavy atom. The SMILES string of the molecule is CN1N=C(C(=O)N(C[C@@H]2CCOC2)C2CC2)CCC1=O. The molecule has 2 heterocycles. The standard InChI is InChI=1S/C14H21N3O3/c1-16-13(18)5-4-12(15-16)14(19)17(11-2-3-11)8-10-6-7-20-9-10/h10-11H,2-9H2,1H3/t10-/m0/s1. The summed E-state index contributed by atoms with van der Waals surface area (Å²) in [5, 5.41) is 5.44. The van der Waals surface area contributed by atoms with Crippen LogP contribution in [0.15, 0.2) is 5.10 Å². The van der Waals surface area contributed by atoms with Gasteiger partial charge in [-0.25, -0.2) is 5.01 Å². The minimum Gasteiger partial charge on any atom is -0.381 e. The van der Waals surface area contributed by atoms with Gasteiger partial charge in [0, 0.05) is 45.0 Å². The van der Waals surface area contributed by atoms with Gasteiger partial charge < -0.3 is 9.64 Å². The fourth-order valence-electron chi connectivity index (χ4n) is 2.78. The Morgan fingerprint density at radius 3 is 2.80 bits per heavy atom. The van der Waals surface area contributed by atoms with Gasteiger partial charge in [-0.3, -0.25) is 9.59 Å². The summed E-state index contributed by atoms with van der Waals surface area (Å²) in [6.45, 7) is 2.32. The van der Waals surface area contributed by atoms with E-state index in [0.717, 1.165) is 39.0 Å². The molecular formula is C14H21N3O3. The maximum Gasteiger partial charge on any atom is 0.270 e. The molecule has 3 rings (SSSR count). The predicted octanol–water partition coefficient (Wildman–Crippen LogP) is 0.622. The summed E-state index contributed by atoms with van der Waals surface area (Å²) in [6, 6.07) is 0.369. The second-order valence-electron chi connectivity index (χ2n) is 5.88. The minimum absolute atomic E-state index is 0.0127. The van der Waals surface area contributed by atoms with Crippen LogP contribution in [0.2, 0.25) is 0 Å². The molecule has 3 aliphatic rings. The van der Waals surface area contributed by atoms with Crippen molar-refractivity contribution in [2.45, 2.75) is 38.1 Å². The molecule has 0 aromatic carbocycles. The van der Waals surface area contributed by atoms with Crippen LogP contribution in [0.25, 0.3) is 0 Å². The van der Waals surface area contributed by atoms with E-state index in [2.05, 4.69) is 5.10 Å². The van der Waals surface area contributed by atoms with Gasteiger partial charge in [-0.05, 0) is 19.3 Å². The smallest absolute Gasteiger partial charge is 0.270 e. The zero-order valence-corrected chi connectivity index (χ0v) is 11.9. The van der Waals surface area contributed by atoms with Crippen LogP contribution in [0, 0.1) is 5.92 Å². The van der Waals surface area contributed by atoms with Gasteiger partial charge >= 0.3 is 0 Å². The van der Waals surface area contributed by atoms with Crippen molar-refractivity contribution >= 4 is 17.5 Å². The van der Waals surface area contributed by atoms with E-state index in [-0.39, 0.29) is 11.8 Å². The lowest BCUT2D eigenvalue weighted by molar-refractivity contribution is -0.130. The molecule has 0 radical (unpaired) electrons. The van der Waals surface area contributed by atoms with Crippen molar-refractivity contribution in [2.24, 2.45) is 11.0 Å². The zero-order valence-electron chi connectivity index (χ0n) is 11.9. The predicted molar refractivity (Wildman–Crippen MR) is 73.1 cm³/mol. The molecule has 2 amide bonds. The molecule has 0 bridgehead atoms. The number of nitrogens with zero attached hydrogens (tertiary/aromatic N) is 3. The van der Waals surface area contributed by atoms with Crippen molar-refractivity contribution in [1.29, 1.82) is 0 Å². The van der Waals surface area contributed by atoms with Gasteiger partial charge in [0.2, 0.25) is 5.91 Å². The summed E-state index contributed by atoms with van der Waals surface area (Å²) < 4.78 is 5.39. The molecule has 110 valence electrons. The third-order valence-electron chi connectivity index (χ3n) is 4.18. The number of amides is 2. The normalized spacial score (nSPS) is 26.6. The molecule has 0 aromatic rings. The summed E-state index contributed by atoms with van der Waals surface area (Å²) in [5.74, 6) is 0.436. The number of carbonyl (C=O) groups excluding carboxylic acids is 2. The average molecular weight is 279 g/mol. The van der Waals surface area contributed by atoms with Crippen molar-refractivity contribution in [3.8, 4) is 0 Å². The molecule has 6 heteroatoms. The fraction of sp³-hybridized carbons (Fsp3) is 0.786. The molecule has 2 aliphatic heterocycles. The second-order valence-corrected chi connectivity index (χ2v) is 5.88. The first-order valence-electron chi connectivity index (χ1n) is 7.38. The number of hydrogen-bond acceptors (Lipinski definition) is 4. The first kappa shape index (κ1) is 13.5. The molecule has 1 aliphatic carbocycles. The second kappa shape index (κ2) is 5.52. The van der Waals surface area contributed by atoms with E-state index in [1.807, 2.05) is 4.90 Å². The Labute approximate surface area is 118 Å². The van der Waals surface area contributed by atoms with Crippen molar-refractivity contribution in [3.63, 3.8) is 0 Å². The topological polar surface area (TPSA) is 62.2 Å². The molecule has 2 fully saturated rings. The quantitative estimate of drug-likeness (QED) is 0.758. The number of rotatable bonds is 4. The van der Waals surface area contributed by atoms with Crippen molar-refractivity contribution in [3.05, 3.63) is 0 Å². The first-order chi connectivity index (χ1) is 9.65. The molecule has 1 saturated carbocycles. The van der Waals surface area contributed by atoms with Crippen LogP contribution in [0.5, 0.6) is 0 Å². The molecule has 0 spiro atoms. The number of hydrazone groups is 1. The van der Waals surface area contributed by atoms with E-state index < -0.39 is 0 Å². The number of carbonyl (C=O) groups is 2. The molecule has 0 aromatic heterocycles. The Balaban J connectivity index is 1.69. The van der Waals surface area contributed by atoms with Gasteiger partial charge in [0.25, 0.3) is 5.91 Å². The fourth-order valence-corrected chi connectivity index (χ4v) is 2.78. The van der Waals surface area contributed by atoms with Crippen molar-refractivity contribution < 1.29 is 14.3 Å². The highest BCUT2D eigenvalue weighted by Gasteiger charge is 2.37. The van der Waals surface area contributed by atoms with E-state index in [0.29, 0.717) is 30.5 Å². The highest BCUT2D eigenvalue weighted by atomic mass is 16.5. The van der Waals surface area contributed by atoms with E-state index >= 15 is 0 Å². The molecule has 1 saturated heterocycles. The lowest BCUT2D eigenvalue weighted by Crippen LogP contribution is -2.44.